The number of morpholine rings is 1. The van der Waals surface area contributed by atoms with Crippen LogP contribution in [0.5, 0.6) is 0 Å². The zero-order chi connectivity index (χ0) is 22.9. The van der Waals surface area contributed by atoms with Crippen molar-refractivity contribution in [1.82, 2.24) is 9.62 Å². The van der Waals surface area contributed by atoms with E-state index in [1.165, 1.54) is 16.4 Å². The van der Waals surface area contributed by atoms with E-state index >= 15 is 0 Å². The summed E-state index contributed by atoms with van der Waals surface area (Å²) in [5.41, 5.74) is 0.998. The molecular weight excluding hydrogens is 471 g/mol. The minimum absolute atomic E-state index is 0.0276. The van der Waals surface area contributed by atoms with Gasteiger partial charge >= 0.3 is 0 Å². The number of nitrogens with one attached hydrogen (secondary N) is 1. The van der Waals surface area contributed by atoms with Crippen LogP contribution in [0, 0.1) is 0 Å². The molecule has 1 unspecified atom stereocenters. The monoisotopic (exact) mass is 492 g/mol. The van der Waals surface area contributed by atoms with Crippen molar-refractivity contribution in [3.05, 3.63) is 75.8 Å². The lowest BCUT2D eigenvalue weighted by Gasteiger charge is -2.26. The quantitative estimate of drug-likeness (QED) is 0.561. The average Bonchev–Trinajstić information content (AvgIpc) is 2.79. The third-order valence-corrected chi connectivity index (χ3v) is 8.17. The van der Waals surface area contributed by atoms with Crippen LogP contribution in [0.15, 0.2) is 59.5 Å². The summed E-state index contributed by atoms with van der Waals surface area (Å²) in [5, 5.41) is 5.08. The lowest BCUT2D eigenvalue weighted by Crippen LogP contribution is -2.40. The predicted octanol–water partition coefficient (Wildman–Crippen LogP) is 4.66. The van der Waals surface area contributed by atoms with Crippen molar-refractivity contribution < 1.29 is 17.9 Å². The molecule has 1 fully saturated rings. The SMILES string of the molecule is CC(NC(=O)c1cc(S(=O)(=O)N2CCOCC2)c(Cl)cc1Cl)c1cccc2ccccc12. The van der Waals surface area contributed by atoms with Crippen molar-refractivity contribution in [3.8, 4) is 0 Å². The number of ether oxygens (including phenoxy) is 1. The summed E-state index contributed by atoms with van der Waals surface area (Å²) in [6, 6.07) is 16.0. The standard InChI is InChI=1S/C23H22Cl2N2O4S/c1-15(17-8-4-6-16-5-2-3-7-18(16)17)26-23(28)19-13-22(21(25)14-20(19)24)32(29,30)27-9-11-31-12-10-27/h2-8,13-15H,9-12H2,1H3,(H,26,28). The zero-order valence-corrected chi connectivity index (χ0v) is 19.7. The first-order valence-electron chi connectivity index (χ1n) is 10.1. The first-order valence-corrected chi connectivity index (χ1v) is 12.3. The minimum Gasteiger partial charge on any atom is -0.379 e. The molecule has 0 aliphatic carbocycles. The molecule has 0 aromatic heterocycles. The molecule has 0 saturated carbocycles. The second-order valence-corrected chi connectivity index (χ2v) is 10.3. The van der Waals surface area contributed by atoms with Crippen LogP contribution >= 0.6 is 23.2 Å². The summed E-state index contributed by atoms with van der Waals surface area (Å²) in [7, 11) is -3.89. The summed E-state index contributed by atoms with van der Waals surface area (Å²) in [5.74, 6) is -0.481. The van der Waals surface area contributed by atoms with E-state index in [0.717, 1.165) is 16.3 Å². The molecule has 3 aromatic carbocycles. The number of benzene rings is 3. The van der Waals surface area contributed by atoms with Gasteiger partial charge in [0, 0.05) is 13.1 Å². The molecule has 3 aromatic rings. The number of carbonyl (C=O) groups excluding carboxylic acids is 1. The molecule has 1 aliphatic rings. The van der Waals surface area contributed by atoms with Crippen LogP contribution < -0.4 is 5.32 Å². The molecule has 6 nitrogen and oxygen atoms in total. The molecule has 32 heavy (non-hydrogen) atoms. The van der Waals surface area contributed by atoms with Crippen molar-refractivity contribution in [3.63, 3.8) is 0 Å². The van der Waals surface area contributed by atoms with Crippen molar-refractivity contribution in [1.29, 1.82) is 0 Å². The van der Waals surface area contributed by atoms with E-state index in [9.17, 15) is 13.2 Å². The molecule has 4 rings (SSSR count). The van der Waals surface area contributed by atoms with E-state index in [1.807, 2.05) is 49.4 Å². The maximum atomic E-state index is 13.1. The minimum atomic E-state index is -3.89. The van der Waals surface area contributed by atoms with Gasteiger partial charge in [0.25, 0.3) is 5.91 Å². The summed E-state index contributed by atoms with van der Waals surface area (Å²) >= 11 is 12.5. The number of fused-ring (bicyclic) bond motifs is 1. The van der Waals surface area contributed by atoms with Gasteiger partial charge in [0.2, 0.25) is 10.0 Å². The maximum absolute atomic E-state index is 13.1. The van der Waals surface area contributed by atoms with Gasteiger partial charge in [-0.1, -0.05) is 65.7 Å². The molecule has 9 heteroatoms. The summed E-state index contributed by atoms with van der Waals surface area (Å²) in [6.45, 7) is 2.93. The molecule has 0 radical (unpaired) electrons. The lowest BCUT2D eigenvalue weighted by molar-refractivity contribution is 0.0730. The van der Waals surface area contributed by atoms with E-state index in [1.54, 1.807) is 0 Å². The van der Waals surface area contributed by atoms with Gasteiger partial charge in [0.1, 0.15) is 4.90 Å². The Hall–Kier alpha value is -2.16. The van der Waals surface area contributed by atoms with Crippen molar-refractivity contribution in [2.45, 2.75) is 17.9 Å². The molecule has 0 spiro atoms. The number of nitrogens with zero attached hydrogens (tertiary/aromatic N) is 1. The molecule has 168 valence electrons. The molecule has 1 heterocycles. The van der Waals surface area contributed by atoms with Crippen LogP contribution in [0.1, 0.15) is 28.9 Å². The van der Waals surface area contributed by atoms with Gasteiger partial charge in [-0.2, -0.15) is 4.31 Å². The van der Waals surface area contributed by atoms with Crippen LogP contribution in [-0.4, -0.2) is 44.9 Å². The fraction of sp³-hybridized carbons (Fsp3) is 0.261. The van der Waals surface area contributed by atoms with Crippen molar-refractivity contribution in [2.75, 3.05) is 26.3 Å². The van der Waals surface area contributed by atoms with E-state index < -0.39 is 15.9 Å². The second kappa shape index (κ2) is 9.37. The molecule has 1 N–H and O–H groups in total. The molecular formula is C23H22Cl2N2O4S. The van der Waals surface area contributed by atoms with Gasteiger partial charge in [-0.3, -0.25) is 4.79 Å². The molecule has 1 saturated heterocycles. The number of hydrogen-bond acceptors (Lipinski definition) is 4. The summed E-state index contributed by atoms with van der Waals surface area (Å²) in [4.78, 5) is 12.9. The number of amides is 1. The highest BCUT2D eigenvalue weighted by Crippen LogP contribution is 2.32. The average molecular weight is 493 g/mol. The van der Waals surface area contributed by atoms with Crippen LogP contribution in [-0.2, 0) is 14.8 Å². The molecule has 1 amide bonds. The van der Waals surface area contributed by atoms with Gasteiger partial charge in [-0.05, 0) is 35.4 Å². The summed E-state index contributed by atoms with van der Waals surface area (Å²) in [6.07, 6.45) is 0. The highest BCUT2D eigenvalue weighted by molar-refractivity contribution is 7.89. The van der Waals surface area contributed by atoms with Crippen LogP contribution in [0.25, 0.3) is 10.8 Å². The second-order valence-electron chi connectivity index (χ2n) is 7.54. The number of sulfonamides is 1. The van der Waals surface area contributed by atoms with Gasteiger partial charge < -0.3 is 10.1 Å². The Kier molecular flexibility index (Phi) is 6.74. The van der Waals surface area contributed by atoms with Gasteiger partial charge in [0.15, 0.2) is 0 Å². The third kappa shape index (κ3) is 4.49. The topological polar surface area (TPSA) is 75.7 Å². The van der Waals surface area contributed by atoms with Crippen LogP contribution in [0.3, 0.4) is 0 Å². The normalized spacial score (nSPS) is 16.1. The van der Waals surface area contributed by atoms with Crippen LogP contribution in [0.4, 0.5) is 0 Å². The van der Waals surface area contributed by atoms with Crippen molar-refractivity contribution >= 4 is 49.9 Å². The third-order valence-electron chi connectivity index (χ3n) is 5.49. The fourth-order valence-electron chi connectivity index (χ4n) is 3.81. The Morgan fingerprint density at radius 1 is 1.03 bits per heavy atom. The fourth-order valence-corrected chi connectivity index (χ4v) is 6.05. The van der Waals surface area contributed by atoms with Crippen LogP contribution in [0.2, 0.25) is 10.0 Å². The van der Waals surface area contributed by atoms with Gasteiger partial charge in [0.05, 0.1) is 34.9 Å². The lowest BCUT2D eigenvalue weighted by atomic mass is 9.99. The van der Waals surface area contributed by atoms with E-state index in [2.05, 4.69) is 5.32 Å². The van der Waals surface area contributed by atoms with Gasteiger partial charge in [-0.15, -0.1) is 0 Å². The smallest absolute Gasteiger partial charge is 0.253 e. The number of rotatable bonds is 5. The van der Waals surface area contributed by atoms with E-state index in [0.29, 0.717) is 13.2 Å². The molecule has 1 atom stereocenters. The highest BCUT2D eigenvalue weighted by atomic mass is 35.5. The van der Waals surface area contributed by atoms with E-state index in [4.69, 9.17) is 27.9 Å². The number of hydrogen-bond donors (Lipinski definition) is 1. The zero-order valence-electron chi connectivity index (χ0n) is 17.3. The maximum Gasteiger partial charge on any atom is 0.253 e. The first kappa shape index (κ1) is 23.0. The van der Waals surface area contributed by atoms with E-state index in [-0.39, 0.29) is 39.6 Å². The summed E-state index contributed by atoms with van der Waals surface area (Å²) < 4.78 is 32.7. The Morgan fingerprint density at radius 3 is 2.47 bits per heavy atom. The Morgan fingerprint density at radius 2 is 1.72 bits per heavy atom. The molecule has 0 bridgehead atoms. The molecule has 1 aliphatic heterocycles. The Labute approximate surface area is 197 Å². The number of halogens is 2. The van der Waals surface area contributed by atoms with Gasteiger partial charge in [-0.25, -0.2) is 8.42 Å². The predicted molar refractivity (Wildman–Crippen MR) is 126 cm³/mol. The Balaban J connectivity index is 1.64. The Bertz CT molecular complexity index is 1270. The highest BCUT2D eigenvalue weighted by Gasteiger charge is 2.30. The van der Waals surface area contributed by atoms with Crippen molar-refractivity contribution in [2.24, 2.45) is 0 Å². The first-order chi connectivity index (χ1) is 15.3. The largest absolute Gasteiger partial charge is 0.379 e. The number of carbonyl (C=O) groups is 1.